The fourth-order valence-electron chi connectivity index (χ4n) is 7.21. The monoisotopic (exact) mass is 1030 g/mol. The van der Waals surface area contributed by atoms with Crippen molar-refractivity contribution < 1.29 is 37.7 Å². The van der Waals surface area contributed by atoms with E-state index in [1.165, 1.54) is 16.0 Å². The third-order valence-corrected chi connectivity index (χ3v) is 14.7. The summed E-state index contributed by atoms with van der Waals surface area (Å²) in [7, 11) is 0. The summed E-state index contributed by atoms with van der Waals surface area (Å²) in [5.74, 6) is 8.34. The summed E-state index contributed by atoms with van der Waals surface area (Å²) in [5, 5.41) is 1.15. The van der Waals surface area contributed by atoms with Gasteiger partial charge in [0.2, 0.25) is 5.71 Å². The van der Waals surface area contributed by atoms with Gasteiger partial charge in [0.05, 0.1) is 28.6 Å². The van der Waals surface area contributed by atoms with Crippen LogP contribution in [0.1, 0.15) is 87.2 Å². The van der Waals surface area contributed by atoms with E-state index in [1.807, 2.05) is 24.7 Å². The van der Waals surface area contributed by atoms with Crippen LogP contribution in [0.4, 0.5) is 13.2 Å². The van der Waals surface area contributed by atoms with Crippen molar-refractivity contribution in [2.45, 2.75) is 89.7 Å². The molecule has 0 spiro atoms. The maximum Gasteiger partial charge on any atom is 0 e. The molecule has 5 aromatic heterocycles. The topological polar surface area (TPSA) is 69.6 Å². The number of furan rings is 1. The molecule has 59 heavy (non-hydrogen) atoms. The van der Waals surface area contributed by atoms with Crippen molar-refractivity contribution in [1.82, 2.24) is 24.5 Å². The zero-order valence-corrected chi connectivity index (χ0v) is 39.5. The van der Waals surface area contributed by atoms with Gasteiger partial charge in [-0.3, -0.25) is 9.97 Å². The fraction of sp³-hybridized carbons (Fsp3) is 0.292. The van der Waals surface area contributed by atoms with Crippen molar-refractivity contribution in [2.75, 3.05) is 0 Å². The molecule has 8 rings (SSSR count). The zero-order valence-electron chi connectivity index (χ0n) is 35.0. The number of hydrogen-bond acceptors (Lipinski definition) is 5. The molecule has 11 heteroatoms. The van der Waals surface area contributed by atoms with Gasteiger partial charge in [-0.15, -0.1) is 18.2 Å². The first kappa shape index (κ1) is 43.9. The Morgan fingerprint density at radius 3 is 2.02 bits per heavy atom. The maximum absolute atomic E-state index is 13.5. The third-order valence-electron chi connectivity index (χ3n) is 10.5. The van der Waals surface area contributed by atoms with Gasteiger partial charge in [-0.2, -0.15) is 13.2 Å². The van der Waals surface area contributed by atoms with E-state index in [0.717, 1.165) is 50.7 Å². The fourth-order valence-corrected chi connectivity index (χ4v) is 9.38. The van der Waals surface area contributed by atoms with Crippen molar-refractivity contribution in [1.29, 1.82) is 0 Å². The minimum Gasteiger partial charge on any atom is 0 e. The van der Waals surface area contributed by atoms with E-state index in [9.17, 15) is 13.2 Å². The van der Waals surface area contributed by atoms with Crippen molar-refractivity contribution in [3.63, 3.8) is 0 Å². The number of alkyl halides is 3. The van der Waals surface area contributed by atoms with Crippen molar-refractivity contribution in [3.05, 3.63) is 131 Å². The Kier molecular flexibility index (Phi) is 12.8. The number of aryl methyl sites for hydroxylation is 1. The molecular formula is C48H48F3GeIrN5O-2. The quantitative estimate of drug-likeness (QED) is 0.117. The van der Waals surface area contributed by atoms with Gasteiger partial charge in [-0.05, 0) is 46.6 Å². The van der Waals surface area contributed by atoms with E-state index < -0.39 is 25.1 Å². The molecule has 5 heterocycles. The second kappa shape index (κ2) is 17.2. The van der Waals surface area contributed by atoms with Crippen LogP contribution >= 0.6 is 0 Å². The Morgan fingerprint density at radius 1 is 0.746 bits per heavy atom. The van der Waals surface area contributed by atoms with Crippen LogP contribution in [0.25, 0.3) is 61.4 Å². The molecule has 0 aliphatic carbocycles. The number of aromatic nitrogens is 5. The minimum atomic E-state index is -4.58. The first-order valence-electron chi connectivity index (χ1n) is 19.7. The van der Waals surface area contributed by atoms with Gasteiger partial charge in [0.1, 0.15) is 5.69 Å². The molecule has 0 saturated carbocycles. The molecule has 0 atom stereocenters. The number of fused-ring (bicyclic) bond motifs is 4. The predicted octanol–water partition coefficient (Wildman–Crippen LogP) is 13.0. The van der Waals surface area contributed by atoms with Gasteiger partial charge in [0.25, 0.3) is 0 Å². The first-order chi connectivity index (χ1) is 27.4. The number of rotatable bonds is 7. The normalized spacial score (nSPS) is 12.1. The Morgan fingerprint density at radius 2 is 1.44 bits per heavy atom. The molecule has 0 amide bonds. The number of halogens is 3. The molecule has 0 unspecified atom stereocenters. The SMILES string of the molecule is CC(C)c1cccc(C(C)C)c1-n1c(-c2[c-]ccc3c2oc2nc(C(F)(F)F)ccc23)nc2c(C(C)C)cncc21.Cc1c[c-]c(-c2cc[c]([Ge]([CH3])([CH3])[CH3])cn2)cc1.[Ir]. The molecular weight excluding hydrogens is 984 g/mol. The Balaban J connectivity index is 0.000000273. The molecule has 3 aromatic carbocycles. The number of para-hydroxylation sites is 1. The standard InChI is InChI=1S/C33H30F3N4O.C15H18GeN.Ir/c1-17(2)20-9-7-10-21(18(3)4)29(20)40-26-16-37-15-25(19(5)6)28(26)39-31(40)24-12-8-11-22-23-13-14-27(33(34,35)36)38-32(23)41-30(22)24;1-12-5-7-13(8-6-12)15-10-9-14(11-17-15)16(2,3)4;/h7-11,13-19H,1-6H3;5-7,9-11H,1-4H3;/q2*-1;. The molecule has 307 valence electrons. The van der Waals surface area contributed by atoms with Crippen molar-refractivity contribution in [3.8, 4) is 28.3 Å². The molecule has 6 nitrogen and oxygen atoms in total. The second-order valence-electron chi connectivity index (χ2n) is 16.8. The average molecular weight is 1030 g/mol. The molecule has 0 bridgehead atoms. The number of pyridine rings is 3. The average Bonchev–Trinajstić information content (AvgIpc) is 3.76. The summed E-state index contributed by atoms with van der Waals surface area (Å²) in [5.41, 5.74) is 9.18. The van der Waals surface area contributed by atoms with Gasteiger partial charge >= 0.3 is 112 Å². The summed E-state index contributed by atoms with van der Waals surface area (Å²) >= 11 is -1.73. The summed E-state index contributed by atoms with van der Waals surface area (Å²) in [6, 6.07) is 29.4. The minimum absolute atomic E-state index is 0. The Labute approximate surface area is 360 Å². The van der Waals surface area contributed by atoms with E-state index >= 15 is 0 Å². The number of nitrogens with zero attached hydrogens (tertiary/aromatic N) is 5. The van der Waals surface area contributed by atoms with Gasteiger partial charge in [-0.25, -0.2) is 4.98 Å². The van der Waals surface area contributed by atoms with Crippen molar-refractivity contribution >= 4 is 50.8 Å². The number of benzene rings is 3. The summed E-state index contributed by atoms with van der Waals surface area (Å²) in [6.45, 7) is 14.9. The van der Waals surface area contributed by atoms with Crippen LogP contribution in [-0.2, 0) is 26.3 Å². The number of hydrogen-bond donors (Lipinski definition) is 0. The maximum atomic E-state index is 13.5. The molecule has 8 aromatic rings. The van der Waals surface area contributed by atoms with Gasteiger partial charge in [-0.1, -0.05) is 70.7 Å². The zero-order chi connectivity index (χ0) is 41.7. The van der Waals surface area contributed by atoms with Crippen LogP contribution in [0.5, 0.6) is 0 Å². The largest absolute Gasteiger partial charge is 0 e. The predicted molar refractivity (Wildman–Crippen MR) is 232 cm³/mol. The van der Waals surface area contributed by atoms with Crippen LogP contribution in [0.3, 0.4) is 0 Å². The van der Waals surface area contributed by atoms with Gasteiger partial charge < -0.3 is 8.98 Å². The molecule has 0 fully saturated rings. The summed E-state index contributed by atoms with van der Waals surface area (Å²) in [6.07, 6.45) is 1.14. The van der Waals surface area contributed by atoms with Crippen LogP contribution < -0.4 is 4.40 Å². The van der Waals surface area contributed by atoms with E-state index in [0.29, 0.717) is 27.7 Å². The van der Waals surface area contributed by atoms with E-state index in [1.54, 1.807) is 12.1 Å². The van der Waals surface area contributed by atoms with Gasteiger partial charge in [0.15, 0.2) is 0 Å². The molecule has 0 aliphatic heterocycles. The Hall–Kier alpha value is -4.64. The van der Waals surface area contributed by atoms with Crippen molar-refractivity contribution in [2.24, 2.45) is 0 Å². The van der Waals surface area contributed by atoms with Crippen LogP contribution in [-0.4, -0.2) is 37.8 Å². The summed E-state index contributed by atoms with van der Waals surface area (Å²) in [4.78, 5) is 18.2. The molecule has 0 saturated heterocycles. The van der Waals surface area contributed by atoms with Gasteiger partial charge in [0, 0.05) is 37.4 Å². The second-order valence-corrected chi connectivity index (χ2v) is 27.5. The smallest absolute Gasteiger partial charge is 0 e. The summed E-state index contributed by atoms with van der Waals surface area (Å²) < 4.78 is 50.0. The van der Waals surface area contributed by atoms with E-state index in [-0.39, 0.29) is 43.6 Å². The van der Waals surface area contributed by atoms with E-state index in [4.69, 9.17) is 9.40 Å². The third kappa shape index (κ3) is 8.82. The molecule has 0 N–H and O–H groups in total. The number of imidazole rings is 1. The van der Waals surface area contributed by atoms with Crippen LogP contribution in [0.2, 0.25) is 17.3 Å². The molecule has 1 radical (unpaired) electrons. The van der Waals surface area contributed by atoms with Crippen LogP contribution in [0.15, 0.2) is 95.8 Å². The first-order valence-corrected chi connectivity index (χ1v) is 27.0. The Bertz CT molecular complexity index is 2720. The molecule has 0 aliphatic rings. The van der Waals surface area contributed by atoms with Crippen LogP contribution in [0, 0.1) is 19.1 Å². The van der Waals surface area contributed by atoms with E-state index in [2.05, 4.69) is 140 Å².